The summed E-state index contributed by atoms with van der Waals surface area (Å²) in [6.45, 7) is 4.02. The van der Waals surface area contributed by atoms with E-state index >= 15 is 0 Å². The summed E-state index contributed by atoms with van der Waals surface area (Å²) in [5.41, 5.74) is 2.42. The van der Waals surface area contributed by atoms with Crippen LogP contribution in [0.2, 0.25) is 5.02 Å². The number of nitrogens with zero attached hydrogens (tertiary/aromatic N) is 2. The largest absolute Gasteiger partial charge is 0.507 e. The molecule has 0 bridgehead atoms. The van der Waals surface area contributed by atoms with Gasteiger partial charge in [0, 0.05) is 28.7 Å². The van der Waals surface area contributed by atoms with E-state index in [9.17, 15) is 14.7 Å². The van der Waals surface area contributed by atoms with E-state index in [-0.39, 0.29) is 17.3 Å². The molecule has 1 amide bonds. The second kappa shape index (κ2) is 9.08. The second-order valence-electron chi connectivity index (χ2n) is 8.04. The first kappa shape index (κ1) is 22.6. The minimum atomic E-state index is -0.837. The lowest BCUT2D eigenvalue weighted by molar-refractivity contribution is -0.132. The number of methoxy groups -OCH3 is 1. The number of pyridine rings is 1. The smallest absolute Gasteiger partial charge is 0.300 e. The van der Waals surface area contributed by atoms with Crippen LogP contribution in [0.3, 0.4) is 0 Å². The zero-order valence-corrected chi connectivity index (χ0v) is 19.2. The topological polar surface area (TPSA) is 79.7 Å². The first-order valence-electron chi connectivity index (χ1n) is 10.5. The van der Waals surface area contributed by atoms with Gasteiger partial charge in [-0.15, -0.1) is 0 Å². The maximum atomic E-state index is 13.2. The molecule has 6 nitrogen and oxygen atoms in total. The van der Waals surface area contributed by atoms with Crippen LogP contribution < -0.4 is 9.64 Å². The van der Waals surface area contributed by atoms with Gasteiger partial charge in [-0.3, -0.25) is 19.5 Å². The molecule has 1 unspecified atom stereocenters. The Bertz CT molecular complexity index is 1250. The molecule has 33 heavy (non-hydrogen) atoms. The zero-order valence-electron chi connectivity index (χ0n) is 18.4. The summed E-state index contributed by atoms with van der Waals surface area (Å²) in [5.74, 6) is -0.942. The number of ether oxygens (including phenoxy) is 1. The lowest BCUT2D eigenvalue weighted by Crippen LogP contribution is -2.29. The van der Waals surface area contributed by atoms with Crippen LogP contribution in [0.5, 0.6) is 5.75 Å². The number of Topliss-reactive ketones (excluding diaryl/α,β-unsaturated/α-hetero) is 1. The van der Waals surface area contributed by atoms with Gasteiger partial charge in [0.1, 0.15) is 11.5 Å². The van der Waals surface area contributed by atoms with Crippen molar-refractivity contribution in [2.24, 2.45) is 0 Å². The van der Waals surface area contributed by atoms with E-state index in [1.54, 1.807) is 74.1 Å². The number of anilines is 1. The number of halogens is 1. The molecule has 2 heterocycles. The fraction of sp³-hybridized carbons (Fsp3) is 0.192. The van der Waals surface area contributed by atoms with E-state index in [4.69, 9.17) is 16.3 Å². The Balaban J connectivity index is 1.94. The molecule has 7 heteroatoms. The summed E-state index contributed by atoms with van der Waals surface area (Å²) in [6, 6.07) is 14.5. The highest BCUT2D eigenvalue weighted by atomic mass is 35.5. The van der Waals surface area contributed by atoms with Crippen molar-refractivity contribution >= 4 is 34.7 Å². The van der Waals surface area contributed by atoms with Crippen LogP contribution in [0.1, 0.15) is 42.5 Å². The number of ketones is 1. The van der Waals surface area contributed by atoms with Crippen LogP contribution in [0.4, 0.5) is 5.69 Å². The minimum Gasteiger partial charge on any atom is -0.507 e. The van der Waals surface area contributed by atoms with Gasteiger partial charge in [0.05, 0.1) is 18.7 Å². The molecule has 0 saturated carbocycles. The van der Waals surface area contributed by atoms with Crippen LogP contribution in [0, 0.1) is 0 Å². The van der Waals surface area contributed by atoms with Crippen molar-refractivity contribution in [1.82, 2.24) is 4.98 Å². The van der Waals surface area contributed by atoms with Crippen LogP contribution in [0.15, 0.2) is 72.6 Å². The highest BCUT2D eigenvalue weighted by molar-refractivity contribution is 6.51. The molecule has 1 aromatic heterocycles. The Morgan fingerprint density at radius 1 is 1.09 bits per heavy atom. The quantitative estimate of drug-likeness (QED) is 0.308. The normalized spacial score (nSPS) is 17.6. The molecule has 168 valence electrons. The number of hydrogen-bond donors (Lipinski definition) is 1. The molecule has 0 aliphatic carbocycles. The van der Waals surface area contributed by atoms with Gasteiger partial charge in [-0.05, 0) is 65.6 Å². The summed E-state index contributed by atoms with van der Waals surface area (Å²) in [6.07, 6.45) is 3.16. The number of carbonyl (C=O) groups excluding carboxylic acids is 2. The van der Waals surface area contributed by atoms with E-state index in [1.807, 2.05) is 13.8 Å². The van der Waals surface area contributed by atoms with E-state index in [0.29, 0.717) is 27.6 Å². The first-order valence-corrected chi connectivity index (χ1v) is 10.9. The number of aliphatic hydroxyl groups is 1. The number of benzene rings is 2. The molecule has 1 N–H and O–H groups in total. The third kappa shape index (κ3) is 4.10. The maximum Gasteiger partial charge on any atom is 0.300 e. The molecule has 2 aromatic carbocycles. The van der Waals surface area contributed by atoms with Gasteiger partial charge in [0.25, 0.3) is 11.7 Å². The molecule has 0 radical (unpaired) electrons. The maximum absolute atomic E-state index is 13.2. The summed E-state index contributed by atoms with van der Waals surface area (Å²) in [4.78, 5) is 31.8. The van der Waals surface area contributed by atoms with Crippen molar-refractivity contribution in [2.75, 3.05) is 12.0 Å². The van der Waals surface area contributed by atoms with Crippen molar-refractivity contribution in [3.8, 4) is 5.75 Å². The van der Waals surface area contributed by atoms with E-state index in [2.05, 4.69) is 4.98 Å². The van der Waals surface area contributed by atoms with E-state index in [1.165, 1.54) is 4.90 Å². The van der Waals surface area contributed by atoms with Crippen molar-refractivity contribution in [2.45, 2.75) is 25.8 Å². The van der Waals surface area contributed by atoms with Crippen LogP contribution >= 0.6 is 11.6 Å². The van der Waals surface area contributed by atoms with E-state index in [0.717, 1.165) is 5.56 Å². The van der Waals surface area contributed by atoms with Gasteiger partial charge >= 0.3 is 0 Å². The predicted molar refractivity (Wildman–Crippen MR) is 128 cm³/mol. The lowest BCUT2D eigenvalue weighted by atomic mass is 9.93. The molecule has 0 spiro atoms. The number of aromatic nitrogens is 1. The van der Waals surface area contributed by atoms with Gasteiger partial charge in [-0.25, -0.2) is 0 Å². The fourth-order valence-corrected chi connectivity index (χ4v) is 4.26. The van der Waals surface area contributed by atoms with Gasteiger partial charge < -0.3 is 9.84 Å². The van der Waals surface area contributed by atoms with Crippen molar-refractivity contribution < 1.29 is 19.4 Å². The standard InChI is InChI=1S/C26H23ClN2O4/c1-15(2)20-13-17(7-8-21(20)33-3)24(30)22-23(16-9-11-28-12-10-16)29(26(32)25(22)31)19-6-4-5-18(27)14-19/h4-15,23,30H,1-3H3/b24-22-. The fourth-order valence-electron chi connectivity index (χ4n) is 4.07. The predicted octanol–water partition coefficient (Wildman–Crippen LogP) is 5.49. The molecule has 1 aliphatic rings. The molecule has 3 aromatic rings. The Morgan fingerprint density at radius 3 is 2.45 bits per heavy atom. The Kier molecular flexibility index (Phi) is 6.20. The highest BCUT2D eigenvalue weighted by Crippen LogP contribution is 2.43. The third-order valence-corrected chi connectivity index (χ3v) is 5.91. The summed E-state index contributed by atoms with van der Waals surface area (Å²) in [5, 5.41) is 11.8. The first-order chi connectivity index (χ1) is 15.8. The number of carbonyl (C=O) groups is 2. The monoisotopic (exact) mass is 462 g/mol. The highest BCUT2D eigenvalue weighted by Gasteiger charge is 2.47. The Hall–Kier alpha value is -3.64. The number of aliphatic hydroxyl groups excluding tert-OH is 1. The average Bonchev–Trinajstić information content (AvgIpc) is 3.09. The van der Waals surface area contributed by atoms with Gasteiger partial charge in [-0.2, -0.15) is 0 Å². The van der Waals surface area contributed by atoms with Crippen molar-refractivity contribution in [3.05, 3.63) is 94.3 Å². The molecular formula is C26H23ClN2O4. The van der Waals surface area contributed by atoms with Gasteiger partial charge in [0.15, 0.2) is 0 Å². The summed E-state index contributed by atoms with van der Waals surface area (Å²) in [7, 11) is 1.58. The van der Waals surface area contributed by atoms with Gasteiger partial charge in [-0.1, -0.05) is 31.5 Å². The van der Waals surface area contributed by atoms with E-state index < -0.39 is 17.7 Å². The molecule has 1 saturated heterocycles. The SMILES string of the molecule is COc1ccc(/C(O)=C2/C(=O)C(=O)N(c3cccc(Cl)c3)C2c2ccncc2)cc1C(C)C. The van der Waals surface area contributed by atoms with Crippen LogP contribution in [-0.2, 0) is 9.59 Å². The molecule has 1 atom stereocenters. The lowest BCUT2D eigenvalue weighted by Gasteiger charge is -2.25. The third-order valence-electron chi connectivity index (χ3n) is 5.68. The summed E-state index contributed by atoms with van der Waals surface area (Å²) < 4.78 is 5.44. The Labute approximate surface area is 197 Å². The molecular weight excluding hydrogens is 440 g/mol. The van der Waals surface area contributed by atoms with Gasteiger partial charge in [0.2, 0.25) is 0 Å². The number of hydrogen-bond acceptors (Lipinski definition) is 5. The van der Waals surface area contributed by atoms with Crippen molar-refractivity contribution in [1.29, 1.82) is 0 Å². The molecule has 4 rings (SSSR count). The number of rotatable bonds is 5. The van der Waals surface area contributed by atoms with Crippen LogP contribution in [0.25, 0.3) is 5.76 Å². The van der Waals surface area contributed by atoms with Crippen molar-refractivity contribution in [3.63, 3.8) is 0 Å². The average molecular weight is 463 g/mol. The molecule has 1 fully saturated rings. The van der Waals surface area contributed by atoms with Crippen LogP contribution in [-0.4, -0.2) is 28.9 Å². The molecule has 1 aliphatic heterocycles. The minimum absolute atomic E-state index is 0.00560. The number of amides is 1. The second-order valence-corrected chi connectivity index (χ2v) is 8.48. The zero-order chi connectivity index (χ0) is 23.7. The Morgan fingerprint density at radius 2 is 1.82 bits per heavy atom. The summed E-state index contributed by atoms with van der Waals surface area (Å²) >= 11 is 6.17.